The highest BCUT2D eigenvalue weighted by atomic mass is 16.5. The second-order valence-corrected chi connectivity index (χ2v) is 8.61. The predicted molar refractivity (Wildman–Crippen MR) is 119 cm³/mol. The van der Waals surface area contributed by atoms with Crippen LogP contribution in [0.4, 0.5) is 4.79 Å². The zero-order chi connectivity index (χ0) is 22.6. The number of carbonyl (C=O) groups excluding carboxylic acids is 2. The zero-order valence-electron chi connectivity index (χ0n) is 17.9. The summed E-state index contributed by atoms with van der Waals surface area (Å²) in [6, 6.07) is 16.2. The lowest BCUT2D eigenvalue weighted by molar-refractivity contribution is -0.139. The molecule has 2 aliphatic carbocycles. The molecule has 2 amide bonds. The number of carbonyl (C=O) groups is 3. The fourth-order valence-electron chi connectivity index (χ4n) is 4.97. The maximum Gasteiger partial charge on any atom is 0.407 e. The first-order valence-electron chi connectivity index (χ1n) is 11.1. The van der Waals surface area contributed by atoms with Crippen LogP contribution in [0.15, 0.2) is 48.5 Å². The summed E-state index contributed by atoms with van der Waals surface area (Å²) < 4.78 is 5.47. The van der Waals surface area contributed by atoms with Gasteiger partial charge in [-0.2, -0.15) is 0 Å². The standard InChI is InChI=1S/C25H28N2O5/c28-22(27-25(15-23(29)30)12-5-6-13-25)11-14-26-24(31)32-16-21-19-9-3-1-7-17(19)18-8-2-4-10-20(18)21/h1-4,7-10,21H,5-6,11-16H2,(H,26,31)(H,27,28)(H,29,30). The van der Waals surface area contributed by atoms with Crippen molar-refractivity contribution in [2.45, 2.75) is 50.0 Å². The third kappa shape index (κ3) is 4.77. The Morgan fingerprint density at radius 3 is 2.16 bits per heavy atom. The lowest BCUT2D eigenvalue weighted by atomic mass is 9.93. The van der Waals surface area contributed by atoms with Crippen LogP contribution in [0.3, 0.4) is 0 Å². The molecule has 0 spiro atoms. The molecule has 2 aromatic rings. The summed E-state index contributed by atoms with van der Waals surface area (Å²) in [7, 11) is 0. The summed E-state index contributed by atoms with van der Waals surface area (Å²) in [5, 5.41) is 14.7. The molecule has 0 bridgehead atoms. The van der Waals surface area contributed by atoms with Crippen molar-refractivity contribution < 1.29 is 24.2 Å². The summed E-state index contributed by atoms with van der Waals surface area (Å²) in [6.07, 6.45) is 2.59. The number of hydrogen-bond donors (Lipinski definition) is 3. The van der Waals surface area contributed by atoms with E-state index in [1.807, 2.05) is 24.3 Å². The summed E-state index contributed by atoms with van der Waals surface area (Å²) in [4.78, 5) is 35.7. The molecule has 0 heterocycles. The van der Waals surface area contributed by atoms with Gasteiger partial charge in [0.25, 0.3) is 0 Å². The van der Waals surface area contributed by atoms with Gasteiger partial charge in [-0.15, -0.1) is 0 Å². The number of alkyl carbamates (subject to hydrolysis) is 1. The molecule has 168 valence electrons. The van der Waals surface area contributed by atoms with Crippen LogP contribution in [0.2, 0.25) is 0 Å². The molecule has 0 saturated heterocycles. The molecule has 0 aromatic heterocycles. The fourth-order valence-corrected chi connectivity index (χ4v) is 4.97. The van der Waals surface area contributed by atoms with Gasteiger partial charge in [0, 0.05) is 18.9 Å². The molecule has 0 atom stereocenters. The molecule has 7 nitrogen and oxygen atoms in total. The molecule has 32 heavy (non-hydrogen) atoms. The van der Waals surface area contributed by atoms with E-state index in [4.69, 9.17) is 9.84 Å². The average molecular weight is 437 g/mol. The van der Waals surface area contributed by atoms with Crippen molar-refractivity contribution >= 4 is 18.0 Å². The van der Waals surface area contributed by atoms with Gasteiger partial charge in [0.1, 0.15) is 6.61 Å². The minimum atomic E-state index is -0.913. The van der Waals surface area contributed by atoms with Gasteiger partial charge in [0.2, 0.25) is 5.91 Å². The SMILES string of the molecule is O=C(O)CC1(NC(=O)CCNC(=O)OCC2c3ccccc3-c3ccccc32)CCCC1. The van der Waals surface area contributed by atoms with Crippen LogP contribution in [0, 0.1) is 0 Å². The summed E-state index contributed by atoms with van der Waals surface area (Å²) >= 11 is 0. The Balaban J connectivity index is 1.26. The molecule has 1 fully saturated rings. The first kappa shape index (κ1) is 21.9. The minimum Gasteiger partial charge on any atom is -0.481 e. The Morgan fingerprint density at radius 1 is 0.969 bits per heavy atom. The van der Waals surface area contributed by atoms with Crippen molar-refractivity contribution in [1.29, 1.82) is 0 Å². The monoisotopic (exact) mass is 436 g/mol. The van der Waals surface area contributed by atoms with Gasteiger partial charge < -0.3 is 20.5 Å². The first-order valence-corrected chi connectivity index (χ1v) is 11.1. The van der Waals surface area contributed by atoms with E-state index in [2.05, 4.69) is 34.9 Å². The first-order chi connectivity index (χ1) is 15.5. The summed E-state index contributed by atoms with van der Waals surface area (Å²) in [6.45, 7) is 0.347. The largest absolute Gasteiger partial charge is 0.481 e. The quantitative estimate of drug-likeness (QED) is 0.584. The molecule has 4 rings (SSSR count). The molecule has 0 radical (unpaired) electrons. The average Bonchev–Trinajstić information content (AvgIpc) is 3.34. The zero-order valence-corrected chi connectivity index (χ0v) is 17.9. The van der Waals surface area contributed by atoms with Crippen LogP contribution in [0.25, 0.3) is 11.1 Å². The lowest BCUT2D eigenvalue weighted by Crippen LogP contribution is -2.48. The van der Waals surface area contributed by atoms with Crippen molar-refractivity contribution in [2.75, 3.05) is 13.2 Å². The Morgan fingerprint density at radius 2 is 1.56 bits per heavy atom. The van der Waals surface area contributed by atoms with Gasteiger partial charge in [-0.3, -0.25) is 9.59 Å². The van der Waals surface area contributed by atoms with E-state index in [-0.39, 0.29) is 37.8 Å². The third-order valence-electron chi connectivity index (χ3n) is 6.42. The Bertz CT molecular complexity index is 967. The van der Waals surface area contributed by atoms with E-state index in [1.165, 1.54) is 0 Å². The van der Waals surface area contributed by atoms with E-state index in [1.54, 1.807) is 0 Å². The van der Waals surface area contributed by atoms with Gasteiger partial charge in [0.15, 0.2) is 0 Å². The van der Waals surface area contributed by atoms with Crippen LogP contribution >= 0.6 is 0 Å². The number of rotatable bonds is 8. The van der Waals surface area contributed by atoms with Gasteiger partial charge in [0.05, 0.1) is 12.0 Å². The third-order valence-corrected chi connectivity index (χ3v) is 6.42. The Hall–Kier alpha value is -3.35. The van der Waals surface area contributed by atoms with E-state index in [9.17, 15) is 14.4 Å². The Labute approximate surface area is 187 Å². The van der Waals surface area contributed by atoms with E-state index in [0.717, 1.165) is 35.1 Å². The number of amides is 2. The van der Waals surface area contributed by atoms with E-state index >= 15 is 0 Å². The number of fused-ring (bicyclic) bond motifs is 3. The van der Waals surface area contributed by atoms with Gasteiger partial charge in [-0.05, 0) is 35.1 Å². The van der Waals surface area contributed by atoms with E-state index < -0.39 is 17.6 Å². The van der Waals surface area contributed by atoms with Gasteiger partial charge >= 0.3 is 12.1 Å². The number of ether oxygens (including phenoxy) is 1. The maximum absolute atomic E-state index is 12.3. The highest BCUT2D eigenvalue weighted by Gasteiger charge is 2.37. The van der Waals surface area contributed by atoms with Crippen molar-refractivity contribution in [1.82, 2.24) is 10.6 Å². The normalized spacial score (nSPS) is 16.1. The smallest absolute Gasteiger partial charge is 0.407 e. The number of carboxylic acids is 1. The number of carboxylic acid groups (broad SMARTS) is 1. The minimum absolute atomic E-state index is 0.0188. The second-order valence-electron chi connectivity index (χ2n) is 8.61. The van der Waals surface area contributed by atoms with Crippen LogP contribution in [-0.2, 0) is 14.3 Å². The van der Waals surface area contributed by atoms with Crippen molar-refractivity contribution in [2.24, 2.45) is 0 Å². The molecule has 2 aliphatic rings. The fraction of sp³-hybridized carbons (Fsp3) is 0.400. The summed E-state index contributed by atoms with van der Waals surface area (Å²) in [5.41, 5.74) is 3.95. The van der Waals surface area contributed by atoms with E-state index in [0.29, 0.717) is 12.8 Å². The van der Waals surface area contributed by atoms with Crippen molar-refractivity contribution in [3.63, 3.8) is 0 Å². The van der Waals surface area contributed by atoms with Crippen LogP contribution in [0.1, 0.15) is 55.6 Å². The molecular formula is C25H28N2O5. The molecule has 0 aliphatic heterocycles. The van der Waals surface area contributed by atoms with Gasteiger partial charge in [-0.25, -0.2) is 4.79 Å². The highest BCUT2D eigenvalue weighted by Crippen LogP contribution is 2.44. The second kappa shape index (κ2) is 9.42. The van der Waals surface area contributed by atoms with Crippen molar-refractivity contribution in [3.05, 3.63) is 59.7 Å². The molecular weight excluding hydrogens is 408 g/mol. The van der Waals surface area contributed by atoms with Crippen molar-refractivity contribution in [3.8, 4) is 11.1 Å². The molecule has 7 heteroatoms. The maximum atomic E-state index is 12.3. The Kier molecular flexibility index (Phi) is 6.44. The molecule has 0 unspecified atom stereocenters. The number of hydrogen-bond acceptors (Lipinski definition) is 4. The van der Waals surface area contributed by atoms with Crippen LogP contribution in [-0.4, -0.2) is 41.8 Å². The van der Waals surface area contributed by atoms with Gasteiger partial charge in [-0.1, -0.05) is 61.4 Å². The highest BCUT2D eigenvalue weighted by molar-refractivity contribution is 5.80. The molecule has 3 N–H and O–H groups in total. The number of aliphatic carboxylic acids is 1. The van der Waals surface area contributed by atoms with Crippen LogP contribution in [0.5, 0.6) is 0 Å². The number of benzene rings is 2. The lowest BCUT2D eigenvalue weighted by Gasteiger charge is -2.28. The topological polar surface area (TPSA) is 105 Å². The molecule has 1 saturated carbocycles. The predicted octanol–water partition coefficient (Wildman–Crippen LogP) is 3.82. The van der Waals surface area contributed by atoms with Crippen LogP contribution < -0.4 is 10.6 Å². The summed E-state index contributed by atoms with van der Waals surface area (Å²) in [5.74, 6) is -1.19. The molecule has 2 aromatic carbocycles. The number of nitrogens with one attached hydrogen (secondary N) is 2.